The molecular weight excluding hydrogens is 302 g/mol. The first kappa shape index (κ1) is 17.1. The van der Waals surface area contributed by atoms with Gasteiger partial charge in [0.05, 0.1) is 0 Å². The van der Waals surface area contributed by atoms with Crippen LogP contribution in [-0.2, 0) is 4.74 Å². The van der Waals surface area contributed by atoms with Gasteiger partial charge >= 0.3 is 6.09 Å². The number of aromatic nitrogens is 2. The second-order valence-electron chi connectivity index (χ2n) is 6.44. The third-order valence-corrected chi connectivity index (χ3v) is 4.22. The lowest BCUT2D eigenvalue weighted by atomic mass is 10.2. The maximum Gasteiger partial charge on any atom is 0.410 e. The van der Waals surface area contributed by atoms with Crippen molar-refractivity contribution in [2.75, 3.05) is 12.3 Å². The van der Waals surface area contributed by atoms with Crippen molar-refractivity contribution in [2.45, 2.75) is 70.2 Å². The Hall–Kier alpha value is -1.24. The minimum atomic E-state index is -0.500. The average molecular weight is 327 g/mol. The third kappa shape index (κ3) is 4.63. The number of hydrogen-bond acceptors (Lipinski definition) is 6. The first-order chi connectivity index (χ1) is 10.4. The summed E-state index contributed by atoms with van der Waals surface area (Å²) < 4.78 is 11.2. The van der Waals surface area contributed by atoms with E-state index in [4.69, 9.17) is 9.15 Å². The molecule has 124 valence electrons. The number of thioether (sulfide) groups is 1. The van der Waals surface area contributed by atoms with Crippen LogP contribution in [0.15, 0.2) is 9.64 Å². The molecule has 22 heavy (non-hydrogen) atoms. The lowest BCUT2D eigenvalue weighted by Crippen LogP contribution is -2.36. The van der Waals surface area contributed by atoms with Gasteiger partial charge in [-0.2, -0.15) is 0 Å². The van der Waals surface area contributed by atoms with Gasteiger partial charge in [-0.3, -0.25) is 4.90 Å². The highest BCUT2D eigenvalue weighted by Crippen LogP contribution is 2.33. The highest BCUT2D eigenvalue weighted by atomic mass is 32.2. The molecule has 1 aromatic heterocycles. The lowest BCUT2D eigenvalue weighted by Gasteiger charge is -2.27. The predicted octanol–water partition coefficient (Wildman–Crippen LogP) is 4.03. The van der Waals surface area contributed by atoms with Crippen molar-refractivity contribution in [3.63, 3.8) is 0 Å². The lowest BCUT2D eigenvalue weighted by molar-refractivity contribution is 0.0201. The molecule has 0 radical (unpaired) electrons. The largest absolute Gasteiger partial charge is 0.444 e. The van der Waals surface area contributed by atoms with Gasteiger partial charge in [0.2, 0.25) is 5.89 Å². The molecule has 0 bridgehead atoms. The Bertz CT molecular complexity index is 498. The number of amides is 1. The van der Waals surface area contributed by atoms with Crippen molar-refractivity contribution in [3.05, 3.63) is 5.89 Å². The molecule has 2 rings (SSSR count). The molecule has 1 aromatic rings. The number of nitrogens with zero attached hydrogens (tertiary/aromatic N) is 3. The van der Waals surface area contributed by atoms with Crippen LogP contribution in [0.4, 0.5) is 4.79 Å². The van der Waals surface area contributed by atoms with Crippen LogP contribution in [0.25, 0.3) is 0 Å². The molecule has 1 aliphatic rings. The van der Waals surface area contributed by atoms with Gasteiger partial charge in [-0.25, -0.2) is 4.79 Å². The molecule has 0 spiro atoms. The predicted molar refractivity (Wildman–Crippen MR) is 84.8 cm³/mol. The molecule has 1 atom stereocenters. The topological polar surface area (TPSA) is 68.5 Å². The Morgan fingerprint density at radius 1 is 1.45 bits per heavy atom. The fourth-order valence-electron chi connectivity index (χ4n) is 2.28. The molecule has 1 unspecified atom stereocenters. The average Bonchev–Trinajstić information content (AvgIpc) is 3.05. The van der Waals surface area contributed by atoms with Crippen LogP contribution in [0.5, 0.6) is 0 Å². The maximum absolute atomic E-state index is 12.3. The first-order valence-corrected chi connectivity index (χ1v) is 8.85. The molecule has 0 aromatic carbocycles. The Balaban J connectivity index is 1.99. The summed E-state index contributed by atoms with van der Waals surface area (Å²) in [6.45, 7) is 8.42. The Morgan fingerprint density at radius 3 is 2.91 bits per heavy atom. The van der Waals surface area contributed by atoms with Crippen LogP contribution in [-0.4, -0.2) is 39.1 Å². The summed E-state index contributed by atoms with van der Waals surface area (Å²) in [5, 5.41) is 8.77. The van der Waals surface area contributed by atoms with Crippen molar-refractivity contribution in [3.8, 4) is 0 Å². The second-order valence-corrected chi connectivity index (χ2v) is 7.49. The van der Waals surface area contributed by atoms with Crippen molar-refractivity contribution in [1.82, 2.24) is 15.1 Å². The summed E-state index contributed by atoms with van der Waals surface area (Å²) in [6, 6.07) is -0.164. The van der Waals surface area contributed by atoms with E-state index in [1.165, 1.54) is 0 Å². The standard InChI is InChI=1S/C15H25N3O3S/c1-5-6-10-22-13-17-16-12(20-13)11-8-7-9-18(11)14(19)21-15(2,3)4/h11H,5-10H2,1-4H3. The molecule has 1 aliphatic heterocycles. The Kier molecular flexibility index (Phi) is 5.72. The molecular formula is C15H25N3O3S. The zero-order valence-corrected chi connectivity index (χ0v) is 14.6. The number of likely N-dealkylation sites (tertiary alicyclic amines) is 1. The molecule has 6 nitrogen and oxygen atoms in total. The zero-order chi connectivity index (χ0) is 16.2. The summed E-state index contributed by atoms with van der Waals surface area (Å²) in [6.07, 6.45) is 3.71. The summed E-state index contributed by atoms with van der Waals surface area (Å²) in [7, 11) is 0. The van der Waals surface area contributed by atoms with Crippen LogP contribution < -0.4 is 0 Å². The van der Waals surface area contributed by atoms with E-state index in [9.17, 15) is 4.79 Å². The van der Waals surface area contributed by atoms with E-state index >= 15 is 0 Å². The van der Waals surface area contributed by atoms with Gasteiger partial charge in [0.25, 0.3) is 5.22 Å². The van der Waals surface area contributed by atoms with Crippen molar-refractivity contribution < 1.29 is 13.9 Å². The summed E-state index contributed by atoms with van der Waals surface area (Å²) in [5.74, 6) is 1.49. The molecule has 2 heterocycles. The SMILES string of the molecule is CCCCSc1nnc(C2CCCN2C(=O)OC(C)(C)C)o1. The molecule has 0 saturated carbocycles. The molecule has 1 fully saturated rings. The maximum atomic E-state index is 12.3. The van der Waals surface area contributed by atoms with E-state index < -0.39 is 5.60 Å². The molecule has 1 saturated heterocycles. The van der Waals surface area contributed by atoms with Gasteiger partial charge in [0, 0.05) is 12.3 Å². The number of rotatable bonds is 5. The van der Waals surface area contributed by atoms with E-state index in [-0.39, 0.29) is 12.1 Å². The van der Waals surface area contributed by atoms with E-state index in [1.807, 2.05) is 20.8 Å². The summed E-state index contributed by atoms with van der Waals surface area (Å²) >= 11 is 1.57. The van der Waals surface area contributed by atoms with Gasteiger partial charge in [-0.05, 0) is 40.0 Å². The van der Waals surface area contributed by atoms with E-state index in [1.54, 1.807) is 16.7 Å². The first-order valence-electron chi connectivity index (χ1n) is 7.86. The molecule has 0 aliphatic carbocycles. The van der Waals surface area contributed by atoms with Gasteiger partial charge in [0.1, 0.15) is 11.6 Å². The number of unbranched alkanes of at least 4 members (excludes halogenated alkanes) is 1. The monoisotopic (exact) mass is 327 g/mol. The number of hydrogen-bond donors (Lipinski definition) is 0. The normalized spacial score (nSPS) is 18.7. The van der Waals surface area contributed by atoms with Crippen LogP contribution >= 0.6 is 11.8 Å². The number of ether oxygens (including phenoxy) is 1. The number of carbonyl (C=O) groups is 1. The highest BCUT2D eigenvalue weighted by Gasteiger charge is 2.36. The minimum absolute atomic E-state index is 0.164. The van der Waals surface area contributed by atoms with Gasteiger partial charge in [-0.15, -0.1) is 10.2 Å². The Labute approximate surface area is 136 Å². The van der Waals surface area contributed by atoms with Crippen LogP contribution in [0.1, 0.15) is 65.3 Å². The quantitative estimate of drug-likeness (QED) is 0.600. The van der Waals surface area contributed by atoms with Crippen molar-refractivity contribution in [1.29, 1.82) is 0 Å². The van der Waals surface area contributed by atoms with E-state index in [2.05, 4.69) is 17.1 Å². The molecule has 0 N–H and O–H groups in total. The molecule has 1 amide bonds. The van der Waals surface area contributed by atoms with Crippen molar-refractivity contribution in [2.24, 2.45) is 0 Å². The second kappa shape index (κ2) is 7.35. The highest BCUT2D eigenvalue weighted by molar-refractivity contribution is 7.99. The van der Waals surface area contributed by atoms with E-state index in [0.717, 1.165) is 31.4 Å². The van der Waals surface area contributed by atoms with Crippen LogP contribution in [0, 0.1) is 0 Å². The van der Waals surface area contributed by atoms with Gasteiger partial charge in [-0.1, -0.05) is 25.1 Å². The fourth-order valence-corrected chi connectivity index (χ4v) is 3.13. The summed E-state index contributed by atoms with van der Waals surface area (Å²) in [4.78, 5) is 14.0. The molecule has 7 heteroatoms. The Morgan fingerprint density at radius 2 is 2.23 bits per heavy atom. The number of carbonyl (C=O) groups excluding carboxylic acids is 1. The van der Waals surface area contributed by atoms with Crippen molar-refractivity contribution >= 4 is 17.9 Å². The van der Waals surface area contributed by atoms with Gasteiger partial charge < -0.3 is 9.15 Å². The fraction of sp³-hybridized carbons (Fsp3) is 0.800. The minimum Gasteiger partial charge on any atom is -0.444 e. The zero-order valence-electron chi connectivity index (χ0n) is 13.8. The summed E-state index contributed by atoms with van der Waals surface area (Å²) in [5.41, 5.74) is -0.500. The van der Waals surface area contributed by atoms with Gasteiger partial charge in [0.15, 0.2) is 0 Å². The van der Waals surface area contributed by atoms with Crippen LogP contribution in [0.3, 0.4) is 0 Å². The smallest absolute Gasteiger partial charge is 0.410 e. The van der Waals surface area contributed by atoms with E-state index in [0.29, 0.717) is 17.7 Å². The third-order valence-electron chi connectivity index (χ3n) is 3.31. The van der Waals surface area contributed by atoms with Crippen LogP contribution in [0.2, 0.25) is 0 Å².